The van der Waals surface area contributed by atoms with Gasteiger partial charge in [0.15, 0.2) is 0 Å². The first-order valence-electron chi connectivity index (χ1n) is 14.1. The summed E-state index contributed by atoms with van der Waals surface area (Å²) < 4.78 is 0. The lowest BCUT2D eigenvalue weighted by atomic mass is 9.90. The molecule has 0 spiro atoms. The van der Waals surface area contributed by atoms with E-state index in [4.69, 9.17) is 4.99 Å². The van der Waals surface area contributed by atoms with Crippen molar-refractivity contribution in [1.29, 1.82) is 0 Å². The number of nitrogens with one attached hydrogen (secondary N) is 3. The van der Waals surface area contributed by atoms with Crippen molar-refractivity contribution in [3.63, 3.8) is 0 Å². The third kappa shape index (κ3) is 5.16. The summed E-state index contributed by atoms with van der Waals surface area (Å²) in [5, 5.41) is 27.7. The summed E-state index contributed by atoms with van der Waals surface area (Å²) in [6.07, 6.45) is 12.5. The summed E-state index contributed by atoms with van der Waals surface area (Å²) in [6.45, 7) is 16.2. The van der Waals surface area contributed by atoms with E-state index in [-0.39, 0.29) is 18.8 Å². The van der Waals surface area contributed by atoms with Crippen LogP contribution in [-0.4, -0.2) is 32.8 Å². The molecular weight excluding hydrogens is 528 g/mol. The standard InChI is InChI=1S/C34H36N4O4/c1-7-21-17(3)25-13-26-19(5)23(9-11-33(39)40)31(37-26)16-32-24(10-12-34(41)42)20(6)28(38-32)15-30-22(8-2)18(4)27(36-30)14-29(21)35-25/h7-8,13-16,23,35-36,38H,1-2,9-12H2,3-6H3,(H,39,40)(H,41,42)/q-2/b25-13?,27-14?,28-15-,32-16-. The second kappa shape index (κ2) is 11.2. The van der Waals surface area contributed by atoms with Gasteiger partial charge in [-0.05, 0) is 60.9 Å². The summed E-state index contributed by atoms with van der Waals surface area (Å²) in [7, 11) is 0. The molecule has 8 heteroatoms. The highest BCUT2D eigenvalue weighted by atomic mass is 16.4. The number of H-pyrrole nitrogens is 1. The molecule has 5 heterocycles. The number of aliphatic imine (C=N–C) groups is 1. The van der Waals surface area contributed by atoms with Crippen LogP contribution in [0.4, 0.5) is 0 Å². The number of aliphatic carboxylic acids is 2. The van der Waals surface area contributed by atoms with Crippen LogP contribution in [0.25, 0.3) is 12.2 Å². The van der Waals surface area contributed by atoms with Crippen LogP contribution in [0.15, 0.2) is 87.7 Å². The molecule has 0 aromatic carbocycles. The molecular formula is C34H36N4O4-2. The Morgan fingerprint density at radius 2 is 1.50 bits per heavy atom. The zero-order chi connectivity index (χ0) is 30.3. The molecule has 4 aliphatic rings. The minimum Gasteiger partial charge on any atom is -0.481 e. The number of carbonyl (C=O) groups is 2. The Balaban J connectivity index is 1.78. The van der Waals surface area contributed by atoms with Crippen LogP contribution < -0.4 is 21.3 Å². The highest BCUT2D eigenvalue weighted by Gasteiger charge is 2.27. The molecule has 0 saturated heterocycles. The normalized spacial score (nSPS) is 21.1. The number of aromatic amines is 1. The second-order valence-electron chi connectivity index (χ2n) is 11.0. The third-order valence-electron chi connectivity index (χ3n) is 8.51. The van der Waals surface area contributed by atoms with Gasteiger partial charge in [-0.25, -0.2) is 0 Å². The molecule has 0 amide bonds. The third-order valence-corrected chi connectivity index (χ3v) is 8.51. The Labute approximate surface area is 245 Å². The molecule has 0 fully saturated rings. The topological polar surface area (TPSA) is 127 Å². The maximum atomic E-state index is 11.5. The quantitative estimate of drug-likeness (QED) is 0.302. The minimum absolute atomic E-state index is 0.0106. The number of nitrogens with zero attached hydrogens (tertiary/aromatic N) is 1. The van der Waals surface area contributed by atoms with Gasteiger partial charge in [-0.2, -0.15) is 0 Å². The van der Waals surface area contributed by atoms with E-state index in [1.165, 1.54) is 0 Å². The van der Waals surface area contributed by atoms with Crippen molar-refractivity contribution >= 4 is 29.8 Å². The van der Waals surface area contributed by atoms with Gasteiger partial charge in [0.2, 0.25) is 0 Å². The molecule has 5 N–H and O–H groups in total. The average Bonchev–Trinajstić information content (AvgIpc) is 3.59. The summed E-state index contributed by atoms with van der Waals surface area (Å²) in [5.41, 5.74) is 9.99. The lowest BCUT2D eigenvalue weighted by Gasteiger charge is -2.19. The molecule has 1 aromatic heterocycles. The molecule has 5 rings (SSSR count). The zero-order valence-electron chi connectivity index (χ0n) is 24.4. The molecule has 1 atom stereocenters. The summed E-state index contributed by atoms with van der Waals surface area (Å²) in [5.74, 6) is 0.177. The molecule has 0 aliphatic carbocycles. The molecule has 8 nitrogen and oxygen atoms in total. The minimum atomic E-state index is -0.870. The van der Waals surface area contributed by atoms with Gasteiger partial charge in [-0.1, -0.05) is 37.4 Å². The predicted molar refractivity (Wildman–Crippen MR) is 165 cm³/mol. The highest BCUT2D eigenvalue weighted by molar-refractivity contribution is 6.15. The molecule has 0 saturated carbocycles. The number of hydrogen-bond acceptors (Lipinski definition) is 5. The van der Waals surface area contributed by atoms with Gasteiger partial charge in [0, 0.05) is 40.9 Å². The van der Waals surface area contributed by atoms with Crippen molar-refractivity contribution in [3.05, 3.63) is 116 Å². The summed E-state index contributed by atoms with van der Waals surface area (Å²) in [4.78, 5) is 31.6. The Hall–Kier alpha value is -4.85. The van der Waals surface area contributed by atoms with E-state index in [0.29, 0.717) is 12.8 Å². The maximum absolute atomic E-state index is 11.5. The van der Waals surface area contributed by atoms with Gasteiger partial charge >= 0.3 is 11.9 Å². The Morgan fingerprint density at radius 3 is 2.10 bits per heavy atom. The lowest BCUT2D eigenvalue weighted by molar-refractivity contribution is -0.138. The van der Waals surface area contributed by atoms with Crippen molar-refractivity contribution in [2.45, 2.75) is 53.4 Å². The Bertz CT molecular complexity index is 1720. The highest BCUT2D eigenvalue weighted by Crippen LogP contribution is 2.38. The van der Waals surface area contributed by atoms with Gasteiger partial charge in [-0.15, -0.1) is 54.4 Å². The monoisotopic (exact) mass is 564 g/mol. The van der Waals surface area contributed by atoms with Crippen molar-refractivity contribution in [2.75, 3.05) is 0 Å². The van der Waals surface area contributed by atoms with Crippen LogP contribution in [-0.2, 0) is 16.0 Å². The SMILES string of the molecule is C=CC1=C2C=C3NC(=C(C=C)[C-]3C)/C=c3\[nH]/c(c(CCC(=O)O)c3C)=C\C3=NC(=C(C)C3CCC(=O)O)C=C(N2)[C-]1C. The first-order chi connectivity index (χ1) is 20.0. The number of carboxylic acid groups (broad SMARTS) is 2. The van der Waals surface area contributed by atoms with Crippen LogP contribution in [0.5, 0.6) is 0 Å². The van der Waals surface area contributed by atoms with Crippen LogP contribution in [0.2, 0.25) is 0 Å². The van der Waals surface area contributed by atoms with E-state index in [9.17, 15) is 19.8 Å². The zero-order valence-corrected chi connectivity index (χ0v) is 24.4. The van der Waals surface area contributed by atoms with E-state index < -0.39 is 11.9 Å². The Morgan fingerprint density at radius 1 is 0.905 bits per heavy atom. The average molecular weight is 565 g/mol. The fourth-order valence-electron chi connectivity index (χ4n) is 6.04. The van der Waals surface area contributed by atoms with Gasteiger partial charge in [-0.3, -0.25) is 14.6 Å². The van der Waals surface area contributed by atoms with Gasteiger partial charge in [0.05, 0.1) is 0 Å². The first-order valence-corrected chi connectivity index (χ1v) is 14.1. The first kappa shape index (κ1) is 28.7. The fourth-order valence-corrected chi connectivity index (χ4v) is 6.04. The van der Waals surface area contributed by atoms with E-state index in [2.05, 4.69) is 41.8 Å². The van der Waals surface area contributed by atoms with Crippen LogP contribution in [0, 0.1) is 24.7 Å². The lowest BCUT2D eigenvalue weighted by Crippen LogP contribution is -2.19. The number of carboxylic acids is 2. The van der Waals surface area contributed by atoms with E-state index in [1.807, 2.05) is 51.2 Å². The van der Waals surface area contributed by atoms with Gasteiger partial charge in [0.25, 0.3) is 0 Å². The molecule has 42 heavy (non-hydrogen) atoms. The molecule has 1 unspecified atom stereocenters. The van der Waals surface area contributed by atoms with E-state index >= 15 is 0 Å². The molecule has 0 radical (unpaired) electrons. The number of rotatable bonds is 8. The van der Waals surface area contributed by atoms with Gasteiger partial charge < -0.3 is 25.8 Å². The van der Waals surface area contributed by atoms with Crippen molar-refractivity contribution in [3.8, 4) is 0 Å². The fraction of sp³-hybridized carbons (Fsp3) is 0.265. The number of aromatic nitrogens is 1. The van der Waals surface area contributed by atoms with E-state index in [0.717, 1.165) is 84.6 Å². The maximum Gasteiger partial charge on any atom is 0.303 e. The molecule has 4 aliphatic heterocycles. The largest absolute Gasteiger partial charge is 0.481 e. The van der Waals surface area contributed by atoms with Gasteiger partial charge in [0.1, 0.15) is 0 Å². The number of hydrogen-bond donors (Lipinski definition) is 5. The number of allylic oxidation sites excluding steroid dienone is 8. The molecule has 218 valence electrons. The smallest absolute Gasteiger partial charge is 0.303 e. The van der Waals surface area contributed by atoms with Crippen molar-refractivity contribution in [1.82, 2.24) is 15.6 Å². The van der Waals surface area contributed by atoms with Crippen LogP contribution in [0.1, 0.15) is 51.2 Å². The van der Waals surface area contributed by atoms with E-state index in [1.54, 1.807) is 0 Å². The predicted octanol–water partition coefficient (Wildman–Crippen LogP) is 4.17. The van der Waals surface area contributed by atoms with Crippen LogP contribution in [0.3, 0.4) is 0 Å². The van der Waals surface area contributed by atoms with Crippen molar-refractivity contribution in [2.24, 2.45) is 10.9 Å². The number of fused-ring (bicyclic) bond motifs is 7. The van der Waals surface area contributed by atoms with Crippen molar-refractivity contribution < 1.29 is 19.8 Å². The second-order valence-corrected chi connectivity index (χ2v) is 11.0. The molecule has 1 aromatic rings. The van der Waals surface area contributed by atoms with Crippen LogP contribution >= 0.6 is 0 Å². The summed E-state index contributed by atoms with van der Waals surface area (Å²) in [6, 6.07) is 0. The molecule has 8 bridgehead atoms. The summed E-state index contributed by atoms with van der Waals surface area (Å²) >= 11 is 0. The Kier molecular flexibility index (Phi) is 7.65.